The van der Waals surface area contributed by atoms with Crippen molar-refractivity contribution in [3.8, 4) is 0 Å². The van der Waals surface area contributed by atoms with Crippen LogP contribution in [0.4, 0.5) is 0 Å². The third-order valence-electron chi connectivity index (χ3n) is 3.10. The van der Waals surface area contributed by atoms with Crippen molar-refractivity contribution < 1.29 is 4.79 Å². The summed E-state index contributed by atoms with van der Waals surface area (Å²) in [6.45, 7) is 2.03. The van der Waals surface area contributed by atoms with Crippen molar-refractivity contribution in [3.05, 3.63) is 21.9 Å². The number of aryl methyl sites for hydroxylation is 1. The summed E-state index contributed by atoms with van der Waals surface area (Å²) in [5, 5.41) is 4.05. The Morgan fingerprint density at radius 1 is 1.43 bits per heavy atom. The largest absolute Gasteiger partial charge is 0.294 e. The Hall–Kier alpha value is -0.630. The lowest BCUT2D eigenvalue weighted by atomic mass is 9.97. The van der Waals surface area contributed by atoms with E-state index in [1.54, 1.807) is 11.3 Å². The molecule has 0 atom stereocenters. The Balaban J connectivity index is 1.98. The van der Waals surface area contributed by atoms with Gasteiger partial charge in [-0.3, -0.25) is 4.79 Å². The van der Waals surface area contributed by atoms with Crippen LogP contribution in [0.25, 0.3) is 0 Å². The van der Waals surface area contributed by atoms with Gasteiger partial charge in [-0.2, -0.15) is 11.3 Å². The number of rotatable bonds is 3. The monoisotopic (exact) mass is 208 g/mol. The second-order valence-corrected chi connectivity index (χ2v) is 4.99. The standard InChI is InChI=1S/C12H16OS/c1-9-7-14-8-11(9)12(13)6-10-4-2-3-5-10/h7-8,10H,2-6H2,1H3. The fraction of sp³-hybridized carbons (Fsp3) is 0.583. The molecule has 76 valence electrons. The van der Waals surface area contributed by atoms with Gasteiger partial charge in [-0.05, 0) is 23.8 Å². The van der Waals surface area contributed by atoms with Crippen molar-refractivity contribution in [2.24, 2.45) is 5.92 Å². The van der Waals surface area contributed by atoms with E-state index >= 15 is 0 Å². The summed E-state index contributed by atoms with van der Waals surface area (Å²) in [4.78, 5) is 11.9. The Morgan fingerprint density at radius 2 is 2.14 bits per heavy atom. The third-order valence-corrected chi connectivity index (χ3v) is 3.97. The molecule has 0 aromatic carbocycles. The van der Waals surface area contributed by atoms with Crippen LogP contribution in [0, 0.1) is 12.8 Å². The van der Waals surface area contributed by atoms with Crippen LogP contribution < -0.4 is 0 Å². The SMILES string of the molecule is Cc1cscc1C(=O)CC1CCCC1. The molecule has 1 aliphatic rings. The molecule has 1 heterocycles. The van der Waals surface area contributed by atoms with Gasteiger partial charge < -0.3 is 0 Å². The molecule has 0 amide bonds. The number of carbonyl (C=O) groups excluding carboxylic acids is 1. The molecule has 14 heavy (non-hydrogen) atoms. The molecular weight excluding hydrogens is 192 g/mol. The molecule has 1 fully saturated rings. The molecule has 0 bridgehead atoms. The van der Waals surface area contributed by atoms with Crippen molar-refractivity contribution >= 4 is 17.1 Å². The Morgan fingerprint density at radius 3 is 2.71 bits per heavy atom. The van der Waals surface area contributed by atoms with Gasteiger partial charge in [-0.15, -0.1) is 0 Å². The summed E-state index contributed by atoms with van der Waals surface area (Å²) in [6, 6.07) is 0. The van der Waals surface area contributed by atoms with Crippen LogP contribution in [0.3, 0.4) is 0 Å². The summed E-state index contributed by atoms with van der Waals surface area (Å²) in [5.41, 5.74) is 2.11. The predicted octanol–water partition coefficient (Wildman–Crippen LogP) is 3.82. The lowest BCUT2D eigenvalue weighted by Crippen LogP contribution is -2.05. The van der Waals surface area contributed by atoms with Crippen molar-refractivity contribution in [2.75, 3.05) is 0 Å². The summed E-state index contributed by atoms with van der Waals surface area (Å²) in [5.74, 6) is 1.03. The van der Waals surface area contributed by atoms with E-state index in [4.69, 9.17) is 0 Å². The van der Waals surface area contributed by atoms with E-state index in [9.17, 15) is 4.79 Å². The minimum absolute atomic E-state index is 0.357. The molecule has 0 spiro atoms. The van der Waals surface area contributed by atoms with E-state index in [0.29, 0.717) is 11.7 Å². The molecule has 1 nitrogen and oxygen atoms in total. The van der Waals surface area contributed by atoms with E-state index in [1.165, 1.54) is 25.7 Å². The van der Waals surface area contributed by atoms with Gasteiger partial charge in [0.2, 0.25) is 0 Å². The van der Waals surface area contributed by atoms with E-state index in [-0.39, 0.29) is 0 Å². The molecule has 1 aliphatic carbocycles. The zero-order chi connectivity index (χ0) is 9.97. The smallest absolute Gasteiger partial charge is 0.164 e. The highest BCUT2D eigenvalue weighted by molar-refractivity contribution is 7.08. The van der Waals surface area contributed by atoms with Crippen molar-refractivity contribution in [2.45, 2.75) is 39.0 Å². The second-order valence-electron chi connectivity index (χ2n) is 4.25. The fourth-order valence-corrected chi connectivity index (χ4v) is 3.09. The molecule has 1 aromatic rings. The predicted molar refractivity (Wildman–Crippen MR) is 60.0 cm³/mol. The van der Waals surface area contributed by atoms with Gasteiger partial charge >= 0.3 is 0 Å². The van der Waals surface area contributed by atoms with Crippen molar-refractivity contribution in [1.29, 1.82) is 0 Å². The normalized spacial score (nSPS) is 17.5. The summed E-state index contributed by atoms with van der Waals surface area (Å²) in [6.07, 6.45) is 5.93. The minimum atomic E-state index is 0.357. The molecule has 0 aliphatic heterocycles. The number of ketones is 1. The van der Waals surface area contributed by atoms with Crippen molar-refractivity contribution in [1.82, 2.24) is 0 Å². The lowest BCUT2D eigenvalue weighted by Gasteiger charge is -2.06. The maximum Gasteiger partial charge on any atom is 0.164 e. The highest BCUT2D eigenvalue weighted by Gasteiger charge is 2.20. The maximum atomic E-state index is 11.9. The number of carbonyl (C=O) groups is 1. The highest BCUT2D eigenvalue weighted by Crippen LogP contribution is 2.29. The van der Waals surface area contributed by atoms with Gasteiger partial charge in [0.1, 0.15) is 0 Å². The van der Waals surface area contributed by atoms with Gasteiger partial charge in [0.25, 0.3) is 0 Å². The van der Waals surface area contributed by atoms with Gasteiger partial charge in [-0.1, -0.05) is 25.7 Å². The molecule has 2 rings (SSSR count). The Labute approximate surface area is 89.1 Å². The average molecular weight is 208 g/mol. The first-order valence-corrected chi connectivity index (χ1v) is 6.27. The first-order valence-electron chi connectivity index (χ1n) is 5.33. The van der Waals surface area contributed by atoms with Gasteiger partial charge in [0.05, 0.1) is 0 Å². The first-order chi connectivity index (χ1) is 6.77. The molecule has 1 saturated carbocycles. The van der Waals surface area contributed by atoms with Crippen LogP contribution in [0.2, 0.25) is 0 Å². The van der Waals surface area contributed by atoms with Crippen LogP contribution in [-0.4, -0.2) is 5.78 Å². The molecule has 1 aromatic heterocycles. The van der Waals surface area contributed by atoms with Crippen molar-refractivity contribution in [3.63, 3.8) is 0 Å². The Kier molecular flexibility index (Phi) is 3.02. The zero-order valence-corrected chi connectivity index (χ0v) is 9.40. The zero-order valence-electron chi connectivity index (χ0n) is 8.58. The lowest BCUT2D eigenvalue weighted by molar-refractivity contribution is 0.0962. The average Bonchev–Trinajstić information content (AvgIpc) is 2.75. The summed E-state index contributed by atoms with van der Waals surface area (Å²) >= 11 is 1.63. The topological polar surface area (TPSA) is 17.1 Å². The van der Waals surface area contributed by atoms with E-state index < -0.39 is 0 Å². The van der Waals surface area contributed by atoms with Crippen LogP contribution in [-0.2, 0) is 0 Å². The molecule has 0 N–H and O–H groups in total. The van der Waals surface area contributed by atoms with E-state index in [2.05, 4.69) is 5.38 Å². The minimum Gasteiger partial charge on any atom is -0.294 e. The highest BCUT2D eigenvalue weighted by atomic mass is 32.1. The van der Waals surface area contributed by atoms with Gasteiger partial charge in [0, 0.05) is 17.4 Å². The fourth-order valence-electron chi connectivity index (χ4n) is 2.23. The van der Waals surface area contributed by atoms with Gasteiger partial charge in [0.15, 0.2) is 5.78 Å². The molecule has 2 heteroatoms. The summed E-state index contributed by atoms with van der Waals surface area (Å²) in [7, 11) is 0. The Bertz CT molecular complexity index is 321. The van der Waals surface area contributed by atoms with Crippen LogP contribution >= 0.6 is 11.3 Å². The van der Waals surface area contributed by atoms with Crippen LogP contribution in [0.1, 0.15) is 48.0 Å². The van der Waals surface area contributed by atoms with Crippen LogP contribution in [0.15, 0.2) is 10.8 Å². The third kappa shape index (κ3) is 2.06. The number of thiophene rings is 1. The number of Topliss-reactive ketones (excluding diaryl/α,β-unsaturated/α-hetero) is 1. The quantitative estimate of drug-likeness (QED) is 0.690. The van der Waals surface area contributed by atoms with E-state index in [0.717, 1.165) is 17.5 Å². The summed E-state index contributed by atoms with van der Waals surface area (Å²) < 4.78 is 0. The molecule has 0 unspecified atom stereocenters. The second kappa shape index (κ2) is 4.26. The van der Waals surface area contributed by atoms with Gasteiger partial charge in [-0.25, -0.2) is 0 Å². The van der Waals surface area contributed by atoms with Crippen LogP contribution in [0.5, 0.6) is 0 Å². The maximum absolute atomic E-state index is 11.9. The number of hydrogen-bond acceptors (Lipinski definition) is 2. The van der Waals surface area contributed by atoms with E-state index in [1.807, 2.05) is 12.3 Å². The molecule has 0 radical (unpaired) electrons. The first kappa shape index (κ1) is 9.91. The number of hydrogen-bond donors (Lipinski definition) is 0. The molecule has 0 saturated heterocycles. The molecular formula is C12H16OS.